The lowest BCUT2D eigenvalue weighted by atomic mass is 10.1. The number of methoxy groups -OCH3 is 1. The van der Waals surface area contributed by atoms with Crippen LogP contribution in [-0.2, 0) is 6.54 Å². The van der Waals surface area contributed by atoms with Gasteiger partial charge < -0.3 is 19.6 Å². The minimum atomic E-state index is -0.229. The van der Waals surface area contributed by atoms with Gasteiger partial charge in [-0.25, -0.2) is 4.39 Å². The number of phenols is 1. The van der Waals surface area contributed by atoms with E-state index >= 15 is 0 Å². The molecular formula is C18H22FN2O2+. The van der Waals surface area contributed by atoms with Gasteiger partial charge in [-0.15, -0.1) is 0 Å². The van der Waals surface area contributed by atoms with E-state index in [1.165, 1.54) is 11.0 Å². The number of nitrogens with one attached hydrogen (secondary N) is 1. The van der Waals surface area contributed by atoms with Crippen LogP contribution in [0.25, 0.3) is 0 Å². The highest BCUT2D eigenvalue weighted by atomic mass is 19.1. The van der Waals surface area contributed by atoms with Crippen molar-refractivity contribution in [1.82, 2.24) is 0 Å². The fraction of sp³-hybridized carbons (Fsp3) is 0.333. The third kappa shape index (κ3) is 3.56. The summed E-state index contributed by atoms with van der Waals surface area (Å²) in [5.41, 5.74) is 1.79. The zero-order valence-electron chi connectivity index (χ0n) is 13.3. The van der Waals surface area contributed by atoms with E-state index in [1.807, 2.05) is 18.2 Å². The molecule has 23 heavy (non-hydrogen) atoms. The fourth-order valence-corrected chi connectivity index (χ4v) is 3.13. The maximum Gasteiger partial charge on any atom is 0.138 e. The molecule has 1 aliphatic heterocycles. The zero-order chi connectivity index (χ0) is 16.2. The summed E-state index contributed by atoms with van der Waals surface area (Å²) in [6, 6.07) is 12.1. The number of piperazine rings is 1. The lowest BCUT2D eigenvalue weighted by Gasteiger charge is -2.34. The van der Waals surface area contributed by atoms with Crippen LogP contribution in [0.5, 0.6) is 11.5 Å². The predicted molar refractivity (Wildman–Crippen MR) is 87.7 cm³/mol. The Hall–Kier alpha value is -2.27. The predicted octanol–water partition coefficient (Wildman–Crippen LogP) is 1.44. The SMILES string of the molecule is COc1ccc(F)cc1C[NH+]1CCN(c2ccccc2O)CC1. The van der Waals surface area contributed by atoms with Crippen molar-refractivity contribution in [3.8, 4) is 11.5 Å². The number of rotatable bonds is 4. The van der Waals surface area contributed by atoms with Crippen LogP contribution in [0.4, 0.5) is 10.1 Å². The van der Waals surface area contributed by atoms with Gasteiger partial charge in [0.15, 0.2) is 0 Å². The van der Waals surface area contributed by atoms with Gasteiger partial charge in [0.2, 0.25) is 0 Å². The van der Waals surface area contributed by atoms with Crippen molar-refractivity contribution in [3.05, 3.63) is 53.8 Å². The summed E-state index contributed by atoms with van der Waals surface area (Å²) in [7, 11) is 1.61. The quantitative estimate of drug-likeness (QED) is 0.896. The maximum atomic E-state index is 13.5. The lowest BCUT2D eigenvalue weighted by Crippen LogP contribution is -3.13. The number of nitrogens with zero attached hydrogens (tertiary/aromatic N) is 1. The molecule has 122 valence electrons. The number of halogens is 1. The Morgan fingerprint density at radius 2 is 1.91 bits per heavy atom. The second-order valence-electron chi connectivity index (χ2n) is 5.86. The highest BCUT2D eigenvalue weighted by Crippen LogP contribution is 2.26. The van der Waals surface area contributed by atoms with Gasteiger partial charge >= 0.3 is 0 Å². The summed E-state index contributed by atoms with van der Waals surface area (Å²) in [5, 5.41) is 9.96. The number of anilines is 1. The van der Waals surface area contributed by atoms with Gasteiger partial charge in [0.05, 0.1) is 44.5 Å². The molecule has 1 saturated heterocycles. The molecule has 4 nitrogen and oxygen atoms in total. The summed E-state index contributed by atoms with van der Waals surface area (Å²) >= 11 is 0. The molecule has 1 aliphatic rings. The monoisotopic (exact) mass is 317 g/mol. The molecule has 0 radical (unpaired) electrons. The van der Waals surface area contributed by atoms with E-state index in [-0.39, 0.29) is 5.82 Å². The topological polar surface area (TPSA) is 37.1 Å². The highest BCUT2D eigenvalue weighted by molar-refractivity contribution is 5.57. The van der Waals surface area contributed by atoms with Crippen LogP contribution >= 0.6 is 0 Å². The molecule has 0 bridgehead atoms. The molecule has 0 unspecified atom stereocenters. The first kappa shape index (κ1) is 15.6. The van der Waals surface area contributed by atoms with Crippen molar-refractivity contribution >= 4 is 5.69 Å². The minimum Gasteiger partial charge on any atom is -0.506 e. The Morgan fingerprint density at radius 3 is 2.61 bits per heavy atom. The molecule has 0 amide bonds. The molecular weight excluding hydrogens is 295 g/mol. The van der Waals surface area contributed by atoms with Crippen LogP contribution in [0.15, 0.2) is 42.5 Å². The average Bonchev–Trinajstić information content (AvgIpc) is 2.56. The Labute approximate surface area is 135 Å². The van der Waals surface area contributed by atoms with E-state index in [4.69, 9.17) is 4.74 Å². The van der Waals surface area contributed by atoms with Crippen LogP contribution in [0.2, 0.25) is 0 Å². The molecule has 2 N–H and O–H groups in total. The van der Waals surface area contributed by atoms with Crippen molar-refractivity contribution in [2.24, 2.45) is 0 Å². The van der Waals surface area contributed by atoms with E-state index in [0.717, 1.165) is 49.7 Å². The molecule has 2 aromatic carbocycles. The van der Waals surface area contributed by atoms with Crippen LogP contribution in [0.3, 0.4) is 0 Å². The number of hydrogen-bond donors (Lipinski definition) is 2. The molecule has 0 aromatic heterocycles. The molecule has 1 heterocycles. The van der Waals surface area contributed by atoms with Crippen molar-refractivity contribution < 1.29 is 19.1 Å². The van der Waals surface area contributed by atoms with Gasteiger partial charge in [-0.05, 0) is 30.3 Å². The van der Waals surface area contributed by atoms with Gasteiger partial charge in [0.25, 0.3) is 0 Å². The molecule has 3 rings (SSSR count). The normalized spacial score (nSPS) is 15.7. The molecule has 1 fully saturated rings. The summed E-state index contributed by atoms with van der Waals surface area (Å²) in [4.78, 5) is 3.59. The number of hydrogen-bond acceptors (Lipinski definition) is 3. The standard InChI is InChI=1S/C18H21FN2O2/c1-23-18-7-6-15(19)12-14(18)13-20-8-10-21(11-9-20)16-4-2-3-5-17(16)22/h2-7,12,22H,8-11,13H2,1H3/p+1. The van der Waals surface area contributed by atoms with Gasteiger partial charge in [0, 0.05) is 0 Å². The summed E-state index contributed by atoms with van der Waals surface area (Å²) in [6.45, 7) is 4.35. The Bertz CT molecular complexity index is 670. The molecule has 5 heteroatoms. The van der Waals surface area contributed by atoms with Crippen LogP contribution < -0.4 is 14.5 Å². The molecule has 0 aliphatic carbocycles. The number of phenolic OH excluding ortho intramolecular Hbond substituents is 1. The Morgan fingerprint density at radius 1 is 1.17 bits per heavy atom. The maximum absolute atomic E-state index is 13.5. The van der Waals surface area contributed by atoms with Crippen LogP contribution in [0, 0.1) is 5.82 Å². The van der Waals surface area contributed by atoms with Crippen molar-refractivity contribution in [2.75, 3.05) is 38.2 Å². The molecule has 0 atom stereocenters. The van der Waals surface area contributed by atoms with Crippen LogP contribution in [0.1, 0.15) is 5.56 Å². The second kappa shape index (κ2) is 6.87. The number of aromatic hydroxyl groups is 1. The van der Waals surface area contributed by atoms with Gasteiger partial charge in [-0.1, -0.05) is 12.1 Å². The van der Waals surface area contributed by atoms with E-state index in [2.05, 4.69) is 4.90 Å². The van der Waals surface area contributed by atoms with E-state index in [0.29, 0.717) is 5.75 Å². The van der Waals surface area contributed by atoms with Crippen molar-refractivity contribution in [2.45, 2.75) is 6.54 Å². The third-order valence-corrected chi connectivity index (χ3v) is 4.38. The molecule has 0 saturated carbocycles. The first-order chi connectivity index (χ1) is 11.2. The van der Waals surface area contributed by atoms with Crippen molar-refractivity contribution in [1.29, 1.82) is 0 Å². The van der Waals surface area contributed by atoms with Gasteiger partial charge in [-0.2, -0.15) is 0 Å². The van der Waals surface area contributed by atoms with E-state index in [1.54, 1.807) is 25.3 Å². The number of quaternary nitrogens is 1. The largest absolute Gasteiger partial charge is 0.506 e. The lowest BCUT2D eigenvalue weighted by molar-refractivity contribution is -0.914. The van der Waals surface area contributed by atoms with E-state index < -0.39 is 0 Å². The fourth-order valence-electron chi connectivity index (χ4n) is 3.13. The first-order valence-electron chi connectivity index (χ1n) is 7.86. The Balaban J connectivity index is 1.64. The van der Waals surface area contributed by atoms with Gasteiger partial charge in [0.1, 0.15) is 23.9 Å². The van der Waals surface area contributed by atoms with Gasteiger partial charge in [-0.3, -0.25) is 0 Å². The molecule has 2 aromatic rings. The summed E-state index contributed by atoms with van der Waals surface area (Å²) in [6.07, 6.45) is 0. The Kier molecular flexibility index (Phi) is 4.67. The highest BCUT2D eigenvalue weighted by Gasteiger charge is 2.23. The van der Waals surface area contributed by atoms with E-state index in [9.17, 15) is 9.50 Å². The summed E-state index contributed by atoms with van der Waals surface area (Å²) in [5.74, 6) is 0.831. The minimum absolute atomic E-state index is 0.229. The number of ether oxygens (including phenoxy) is 1. The first-order valence-corrected chi connectivity index (χ1v) is 7.86. The summed E-state index contributed by atoms with van der Waals surface area (Å²) < 4.78 is 18.8. The third-order valence-electron chi connectivity index (χ3n) is 4.38. The second-order valence-corrected chi connectivity index (χ2v) is 5.86. The number of para-hydroxylation sites is 2. The molecule has 0 spiro atoms. The zero-order valence-corrected chi connectivity index (χ0v) is 13.3. The van der Waals surface area contributed by atoms with Crippen LogP contribution in [-0.4, -0.2) is 38.4 Å². The van der Waals surface area contributed by atoms with Crippen molar-refractivity contribution in [3.63, 3.8) is 0 Å². The smallest absolute Gasteiger partial charge is 0.138 e. The number of benzene rings is 2. The average molecular weight is 317 g/mol.